The van der Waals surface area contributed by atoms with Gasteiger partial charge >= 0.3 is 0 Å². The predicted molar refractivity (Wildman–Crippen MR) is 118 cm³/mol. The fourth-order valence-electron chi connectivity index (χ4n) is 3.45. The molecule has 10 heteroatoms. The lowest BCUT2D eigenvalue weighted by Crippen LogP contribution is -2.33. The number of nitro groups is 2. The third-order valence-corrected chi connectivity index (χ3v) is 5.10. The van der Waals surface area contributed by atoms with E-state index in [2.05, 4.69) is 17.6 Å². The van der Waals surface area contributed by atoms with Gasteiger partial charge in [0.2, 0.25) is 11.6 Å². The quantitative estimate of drug-likeness (QED) is 0.316. The topological polar surface area (TPSA) is 144 Å². The molecule has 0 fully saturated rings. The Balaban J connectivity index is 2.02. The van der Waals surface area contributed by atoms with Crippen molar-refractivity contribution in [3.8, 4) is 0 Å². The van der Waals surface area contributed by atoms with Gasteiger partial charge in [-0.2, -0.15) is 0 Å². The highest BCUT2D eigenvalue weighted by molar-refractivity contribution is 6.27. The van der Waals surface area contributed by atoms with E-state index in [1.807, 2.05) is 0 Å². The maximum absolute atomic E-state index is 13.2. The molecule has 1 aliphatic carbocycles. The van der Waals surface area contributed by atoms with Crippen molar-refractivity contribution < 1.29 is 19.4 Å². The van der Waals surface area contributed by atoms with Crippen molar-refractivity contribution in [1.29, 1.82) is 0 Å². The molecule has 2 N–H and O–H groups in total. The first-order chi connectivity index (χ1) is 15.3. The van der Waals surface area contributed by atoms with Crippen molar-refractivity contribution in [2.24, 2.45) is 0 Å². The third-order valence-electron chi connectivity index (χ3n) is 5.10. The van der Waals surface area contributed by atoms with E-state index in [1.165, 1.54) is 6.07 Å². The number of rotatable bonds is 10. The van der Waals surface area contributed by atoms with E-state index < -0.39 is 32.8 Å². The van der Waals surface area contributed by atoms with Crippen LogP contribution in [-0.4, -0.2) is 28.0 Å². The van der Waals surface area contributed by atoms with Crippen LogP contribution < -0.4 is 10.6 Å². The summed E-state index contributed by atoms with van der Waals surface area (Å²) < 4.78 is 0. The molecule has 0 unspecified atom stereocenters. The van der Waals surface area contributed by atoms with Crippen LogP contribution in [0.3, 0.4) is 0 Å². The molecule has 2 aromatic rings. The first-order valence-corrected chi connectivity index (χ1v) is 10.2. The minimum Gasteiger partial charge on any atom is -0.380 e. The number of nitro benzene ring substituents is 2. The summed E-state index contributed by atoms with van der Waals surface area (Å²) in [4.78, 5) is 47.3. The summed E-state index contributed by atoms with van der Waals surface area (Å²) in [5.74, 6) is -0.897. The normalized spacial score (nSPS) is 13.0. The van der Waals surface area contributed by atoms with Crippen LogP contribution >= 0.6 is 0 Å². The fourth-order valence-corrected chi connectivity index (χ4v) is 3.45. The lowest BCUT2D eigenvalue weighted by Gasteiger charge is -2.23. The van der Waals surface area contributed by atoms with Gasteiger partial charge in [0.25, 0.3) is 11.4 Å². The van der Waals surface area contributed by atoms with Crippen molar-refractivity contribution in [2.45, 2.75) is 32.6 Å². The zero-order chi connectivity index (χ0) is 23.3. The van der Waals surface area contributed by atoms with Crippen molar-refractivity contribution in [2.75, 3.05) is 11.9 Å². The Morgan fingerprint density at radius 2 is 1.50 bits per heavy atom. The monoisotopic (exact) mass is 438 g/mol. The smallest absolute Gasteiger partial charge is 0.299 e. The summed E-state index contributed by atoms with van der Waals surface area (Å²) >= 11 is 0. The number of Topliss-reactive ketones (excluding diaryl/α,β-unsaturated/α-hetero) is 2. The number of ketones is 2. The van der Waals surface area contributed by atoms with Gasteiger partial charge in [0.05, 0.1) is 15.9 Å². The second-order valence-corrected chi connectivity index (χ2v) is 7.28. The van der Waals surface area contributed by atoms with Crippen LogP contribution in [0.1, 0.15) is 53.3 Å². The summed E-state index contributed by atoms with van der Waals surface area (Å²) in [6.07, 6.45) is 3.82. The van der Waals surface area contributed by atoms with Crippen LogP contribution in [0, 0.1) is 20.2 Å². The van der Waals surface area contributed by atoms with Gasteiger partial charge < -0.3 is 10.6 Å². The molecule has 0 aromatic heterocycles. The van der Waals surface area contributed by atoms with Crippen LogP contribution in [0.2, 0.25) is 0 Å². The molecule has 166 valence electrons. The molecule has 3 rings (SSSR count). The van der Waals surface area contributed by atoms with Gasteiger partial charge in [-0.05, 0) is 12.5 Å². The van der Waals surface area contributed by atoms with Crippen LogP contribution in [-0.2, 0) is 0 Å². The number of allylic oxidation sites excluding steroid dienone is 2. The summed E-state index contributed by atoms with van der Waals surface area (Å²) in [7, 11) is 0. The van der Waals surface area contributed by atoms with E-state index in [-0.39, 0.29) is 28.2 Å². The number of anilines is 1. The molecular weight excluding hydrogens is 416 g/mol. The standard InChI is InChI=1S/C22H22N4O6/c1-2-3-4-7-12-23-19-20(22(28)16-9-6-5-8-15(16)21(19)27)24-17-11-10-14(25(29)30)13-18(17)26(31)32/h5-6,8-11,13,23-24H,2-4,7,12H2,1H3. The first-order valence-electron chi connectivity index (χ1n) is 10.2. The molecule has 0 atom stereocenters. The molecule has 0 spiro atoms. The zero-order valence-corrected chi connectivity index (χ0v) is 17.4. The molecule has 0 saturated heterocycles. The number of unbranched alkanes of at least 4 members (excludes halogenated alkanes) is 3. The number of nitrogens with zero attached hydrogens (tertiary/aromatic N) is 2. The number of hydrogen-bond acceptors (Lipinski definition) is 8. The third kappa shape index (κ3) is 4.64. The number of carbonyl (C=O) groups excluding carboxylic acids is 2. The molecule has 32 heavy (non-hydrogen) atoms. The summed E-state index contributed by atoms with van der Waals surface area (Å²) in [5.41, 5.74) is -0.825. The van der Waals surface area contributed by atoms with Crippen LogP contribution in [0.15, 0.2) is 53.9 Å². The predicted octanol–water partition coefficient (Wildman–Crippen LogP) is 4.38. The van der Waals surface area contributed by atoms with E-state index in [0.717, 1.165) is 43.9 Å². The number of hydrogen-bond donors (Lipinski definition) is 2. The molecular formula is C22H22N4O6. The van der Waals surface area contributed by atoms with Crippen molar-refractivity contribution in [3.05, 3.63) is 85.2 Å². The molecule has 0 radical (unpaired) electrons. The molecule has 2 aromatic carbocycles. The fraction of sp³-hybridized carbons (Fsp3) is 0.273. The highest BCUT2D eigenvalue weighted by Crippen LogP contribution is 2.33. The maximum Gasteiger partial charge on any atom is 0.299 e. The Kier molecular flexibility index (Phi) is 6.93. The van der Waals surface area contributed by atoms with Crippen LogP contribution in [0.25, 0.3) is 0 Å². The van der Waals surface area contributed by atoms with Gasteiger partial charge in [-0.15, -0.1) is 0 Å². The van der Waals surface area contributed by atoms with E-state index in [0.29, 0.717) is 6.54 Å². The summed E-state index contributed by atoms with van der Waals surface area (Å²) in [5, 5.41) is 28.2. The van der Waals surface area contributed by atoms with Gasteiger partial charge in [0, 0.05) is 23.7 Å². The van der Waals surface area contributed by atoms with Gasteiger partial charge in [0.15, 0.2) is 0 Å². The number of benzene rings is 2. The molecule has 1 aliphatic rings. The zero-order valence-electron chi connectivity index (χ0n) is 17.4. The average molecular weight is 438 g/mol. The van der Waals surface area contributed by atoms with Gasteiger partial charge in [-0.1, -0.05) is 50.5 Å². The summed E-state index contributed by atoms with van der Waals surface area (Å²) in [6, 6.07) is 9.40. The van der Waals surface area contributed by atoms with Gasteiger partial charge in [-0.25, -0.2) is 0 Å². The van der Waals surface area contributed by atoms with E-state index >= 15 is 0 Å². The summed E-state index contributed by atoms with van der Waals surface area (Å²) in [6.45, 7) is 2.53. The minimum absolute atomic E-state index is 0.0258. The largest absolute Gasteiger partial charge is 0.380 e. The second kappa shape index (κ2) is 9.82. The first kappa shape index (κ1) is 22.6. The molecule has 0 bridgehead atoms. The van der Waals surface area contributed by atoms with Crippen LogP contribution in [0.4, 0.5) is 17.1 Å². The molecule has 0 saturated carbocycles. The van der Waals surface area contributed by atoms with Crippen molar-refractivity contribution >= 4 is 28.6 Å². The van der Waals surface area contributed by atoms with Crippen LogP contribution in [0.5, 0.6) is 0 Å². The molecule has 0 heterocycles. The number of non-ortho nitro benzene ring substituents is 1. The Morgan fingerprint density at radius 1 is 0.844 bits per heavy atom. The van der Waals surface area contributed by atoms with Gasteiger partial charge in [0.1, 0.15) is 17.1 Å². The highest BCUT2D eigenvalue weighted by Gasteiger charge is 2.33. The second-order valence-electron chi connectivity index (χ2n) is 7.28. The lowest BCUT2D eigenvalue weighted by molar-refractivity contribution is -0.393. The van der Waals surface area contributed by atoms with Crippen molar-refractivity contribution in [1.82, 2.24) is 5.32 Å². The Labute approximate surface area is 183 Å². The minimum atomic E-state index is -0.781. The Hall–Kier alpha value is -4.08. The molecule has 10 nitrogen and oxygen atoms in total. The van der Waals surface area contributed by atoms with E-state index in [4.69, 9.17) is 0 Å². The Bertz CT molecular complexity index is 1130. The number of carbonyl (C=O) groups is 2. The number of fused-ring (bicyclic) bond motifs is 1. The van der Waals surface area contributed by atoms with Crippen molar-refractivity contribution in [3.63, 3.8) is 0 Å². The highest BCUT2D eigenvalue weighted by atomic mass is 16.6. The SMILES string of the molecule is CCCCCCNC1=C(Nc2ccc([N+](=O)[O-])cc2[N+](=O)[O-])C(=O)c2ccccc2C1=O. The van der Waals surface area contributed by atoms with E-state index in [9.17, 15) is 29.8 Å². The number of nitrogens with one attached hydrogen (secondary N) is 2. The Morgan fingerprint density at radius 3 is 2.09 bits per heavy atom. The average Bonchev–Trinajstić information content (AvgIpc) is 2.78. The molecule has 0 amide bonds. The maximum atomic E-state index is 13.2. The van der Waals surface area contributed by atoms with Gasteiger partial charge in [-0.3, -0.25) is 29.8 Å². The lowest BCUT2D eigenvalue weighted by atomic mass is 9.90. The molecule has 0 aliphatic heterocycles. The van der Waals surface area contributed by atoms with E-state index in [1.54, 1.807) is 18.2 Å².